The second-order valence-electron chi connectivity index (χ2n) is 6.90. The van der Waals surface area contributed by atoms with E-state index in [1.165, 1.54) is 10.6 Å². The maximum absolute atomic E-state index is 5.36. The molecule has 0 spiro atoms. The van der Waals surface area contributed by atoms with Crippen molar-refractivity contribution in [3.63, 3.8) is 0 Å². The normalized spacial score (nSPS) is 15.1. The van der Waals surface area contributed by atoms with Crippen molar-refractivity contribution < 1.29 is 4.74 Å². The molecule has 3 rings (SSSR count). The van der Waals surface area contributed by atoms with Crippen LogP contribution in [-0.2, 0) is 6.42 Å². The van der Waals surface area contributed by atoms with Crippen molar-refractivity contribution in [2.45, 2.75) is 27.2 Å². The number of hydrogen-bond donors (Lipinski definition) is 1. The summed E-state index contributed by atoms with van der Waals surface area (Å²) in [6, 6.07) is 8.29. The molecule has 0 bridgehead atoms. The summed E-state index contributed by atoms with van der Waals surface area (Å²) in [4.78, 5) is 15.5. The number of guanidine groups is 1. The van der Waals surface area contributed by atoms with Gasteiger partial charge in [-0.25, -0.2) is 4.98 Å². The SMILES string of the molecule is CCNC(=NCCc1sc(C)nc1C)N1CCN(c2cccc(OC)c2)CC1. The van der Waals surface area contributed by atoms with Gasteiger partial charge in [-0.2, -0.15) is 0 Å². The molecule has 2 heterocycles. The summed E-state index contributed by atoms with van der Waals surface area (Å²) in [7, 11) is 1.71. The predicted molar refractivity (Wildman–Crippen MR) is 118 cm³/mol. The average molecular weight is 402 g/mol. The lowest BCUT2D eigenvalue weighted by Crippen LogP contribution is -2.52. The second-order valence-corrected chi connectivity index (χ2v) is 8.19. The predicted octanol–water partition coefficient (Wildman–Crippen LogP) is 3.10. The van der Waals surface area contributed by atoms with E-state index >= 15 is 0 Å². The summed E-state index contributed by atoms with van der Waals surface area (Å²) in [6.07, 6.45) is 0.954. The number of ether oxygens (including phenoxy) is 1. The Morgan fingerprint density at radius 1 is 1.25 bits per heavy atom. The molecule has 1 aliphatic heterocycles. The number of rotatable bonds is 6. The van der Waals surface area contributed by atoms with Crippen LogP contribution in [0.15, 0.2) is 29.3 Å². The van der Waals surface area contributed by atoms with Crippen LogP contribution in [0.5, 0.6) is 5.75 Å². The van der Waals surface area contributed by atoms with Crippen LogP contribution in [0, 0.1) is 13.8 Å². The standard InChI is InChI=1S/C21H31N5OS/c1-5-22-21(23-10-9-20-16(2)24-17(3)28-20)26-13-11-25(12-14-26)18-7-6-8-19(15-18)27-4/h6-8,15H,5,9-14H2,1-4H3,(H,22,23). The molecule has 1 fully saturated rings. The largest absolute Gasteiger partial charge is 0.497 e. The zero-order chi connectivity index (χ0) is 19.9. The molecule has 152 valence electrons. The molecule has 0 saturated carbocycles. The molecule has 0 radical (unpaired) electrons. The van der Waals surface area contributed by atoms with E-state index in [4.69, 9.17) is 9.73 Å². The summed E-state index contributed by atoms with van der Waals surface area (Å²) < 4.78 is 5.36. The number of benzene rings is 1. The van der Waals surface area contributed by atoms with Crippen molar-refractivity contribution in [3.8, 4) is 5.75 Å². The third kappa shape index (κ3) is 5.16. The highest BCUT2D eigenvalue weighted by atomic mass is 32.1. The highest BCUT2D eigenvalue weighted by molar-refractivity contribution is 7.11. The number of hydrogen-bond acceptors (Lipinski definition) is 5. The fourth-order valence-corrected chi connectivity index (χ4v) is 4.40. The molecule has 28 heavy (non-hydrogen) atoms. The Morgan fingerprint density at radius 3 is 2.68 bits per heavy atom. The quantitative estimate of drug-likeness (QED) is 0.595. The van der Waals surface area contributed by atoms with E-state index in [1.807, 2.05) is 6.07 Å². The highest BCUT2D eigenvalue weighted by Gasteiger charge is 2.20. The molecular formula is C21H31N5OS. The van der Waals surface area contributed by atoms with Gasteiger partial charge in [-0.3, -0.25) is 4.99 Å². The number of nitrogens with one attached hydrogen (secondary N) is 1. The van der Waals surface area contributed by atoms with E-state index < -0.39 is 0 Å². The van der Waals surface area contributed by atoms with Gasteiger partial charge in [0.1, 0.15) is 5.75 Å². The summed E-state index contributed by atoms with van der Waals surface area (Å²) in [5.41, 5.74) is 2.37. The van der Waals surface area contributed by atoms with E-state index in [0.717, 1.165) is 68.1 Å². The lowest BCUT2D eigenvalue weighted by atomic mass is 10.2. The van der Waals surface area contributed by atoms with Crippen molar-refractivity contribution in [2.75, 3.05) is 51.3 Å². The smallest absolute Gasteiger partial charge is 0.194 e. The number of nitrogens with zero attached hydrogens (tertiary/aromatic N) is 4. The molecule has 1 N–H and O–H groups in total. The van der Waals surface area contributed by atoms with Gasteiger partial charge < -0.3 is 19.9 Å². The third-order valence-electron chi connectivity index (χ3n) is 4.93. The Balaban J connectivity index is 1.58. The summed E-state index contributed by atoms with van der Waals surface area (Å²) in [6.45, 7) is 11.8. The van der Waals surface area contributed by atoms with Crippen LogP contribution in [-0.4, -0.2) is 62.2 Å². The zero-order valence-electron chi connectivity index (χ0n) is 17.4. The van der Waals surface area contributed by atoms with Crippen molar-refractivity contribution in [1.82, 2.24) is 15.2 Å². The van der Waals surface area contributed by atoms with E-state index in [9.17, 15) is 0 Å². The molecule has 1 saturated heterocycles. The van der Waals surface area contributed by atoms with Gasteiger partial charge in [-0.1, -0.05) is 6.07 Å². The molecule has 0 amide bonds. The number of piperazine rings is 1. The number of methoxy groups -OCH3 is 1. The fourth-order valence-electron chi connectivity index (χ4n) is 3.48. The van der Waals surface area contributed by atoms with Gasteiger partial charge in [0.15, 0.2) is 5.96 Å². The molecule has 0 aliphatic carbocycles. The molecule has 7 heteroatoms. The highest BCUT2D eigenvalue weighted by Crippen LogP contribution is 2.22. The third-order valence-corrected chi connectivity index (χ3v) is 6.07. The van der Waals surface area contributed by atoms with E-state index in [1.54, 1.807) is 18.4 Å². The summed E-state index contributed by atoms with van der Waals surface area (Å²) in [5.74, 6) is 1.93. The first kappa shape index (κ1) is 20.5. The van der Waals surface area contributed by atoms with E-state index in [-0.39, 0.29) is 0 Å². The Bertz CT molecular complexity index is 796. The number of aryl methyl sites for hydroxylation is 2. The lowest BCUT2D eigenvalue weighted by molar-refractivity contribution is 0.372. The molecule has 0 unspecified atom stereocenters. The molecule has 2 aromatic rings. The molecular weight excluding hydrogens is 370 g/mol. The van der Waals surface area contributed by atoms with Crippen LogP contribution in [0.2, 0.25) is 0 Å². The van der Waals surface area contributed by atoms with Crippen molar-refractivity contribution in [2.24, 2.45) is 4.99 Å². The maximum atomic E-state index is 5.36. The second kappa shape index (κ2) is 9.78. The topological polar surface area (TPSA) is 53.0 Å². The van der Waals surface area contributed by atoms with Gasteiger partial charge in [-0.05, 0) is 32.9 Å². The molecule has 1 aromatic heterocycles. The lowest BCUT2D eigenvalue weighted by Gasteiger charge is -2.37. The van der Waals surface area contributed by atoms with Crippen molar-refractivity contribution >= 4 is 23.0 Å². The Kier molecular flexibility index (Phi) is 7.14. The first-order chi connectivity index (χ1) is 13.6. The van der Waals surface area contributed by atoms with Crippen LogP contribution in [0.25, 0.3) is 0 Å². The minimum absolute atomic E-state index is 0.793. The molecule has 1 aliphatic rings. The summed E-state index contributed by atoms with van der Waals surface area (Å²) >= 11 is 1.78. The average Bonchev–Trinajstić information content (AvgIpc) is 3.04. The van der Waals surface area contributed by atoms with Gasteiger partial charge in [-0.15, -0.1) is 11.3 Å². The van der Waals surface area contributed by atoms with Crippen LogP contribution < -0.4 is 15.0 Å². The number of aliphatic imine (C=N–C) groups is 1. The van der Waals surface area contributed by atoms with Gasteiger partial charge in [0.2, 0.25) is 0 Å². The van der Waals surface area contributed by atoms with E-state index in [2.05, 4.69) is 59.1 Å². The maximum Gasteiger partial charge on any atom is 0.194 e. The van der Waals surface area contributed by atoms with Crippen molar-refractivity contribution in [1.29, 1.82) is 0 Å². The molecule has 6 nitrogen and oxygen atoms in total. The molecule has 1 aromatic carbocycles. The zero-order valence-corrected chi connectivity index (χ0v) is 18.2. The van der Waals surface area contributed by atoms with Gasteiger partial charge in [0, 0.05) is 62.3 Å². The van der Waals surface area contributed by atoms with Gasteiger partial charge in [0.05, 0.1) is 17.8 Å². The van der Waals surface area contributed by atoms with Crippen LogP contribution in [0.4, 0.5) is 5.69 Å². The molecule has 0 atom stereocenters. The monoisotopic (exact) mass is 401 g/mol. The number of anilines is 1. The van der Waals surface area contributed by atoms with Crippen molar-refractivity contribution in [3.05, 3.63) is 39.8 Å². The van der Waals surface area contributed by atoms with Crippen LogP contribution in [0.3, 0.4) is 0 Å². The summed E-state index contributed by atoms with van der Waals surface area (Å²) in [5, 5.41) is 4.59. The van der Waals surface area contributed by atoms with Gasteiger partial charge in [0.25, 0.3) is 0 Å². The minimum Gasteiger partial charge on any atom is -0.497 e. The first-order valence-electron chi connectivity index (χ1n) is 9.96. The number of aromatic nitrogens is 1. The van der Waals surface area contributed by atoms with E-state index in [0.29, 0.717) is 0 Å². The Hall–Kier alpha value is -2.28. The van der Waals surface area contributed by atoms with Crippen LogP contribution in [0.1, 0.15) is 22.5 Å². The minimum atomic E-state index is 0.793. The van der Waals surface area contributed by atoms with Gasteiger partial charge >= 0.3 is 0 Å². The Morgan fingerprint density at radius 2 is 2.04 bits per heavy atom. The number of thiazole rings is 1. The Labute approximate surface area is 172 Å². The first-order valence-corrected chi connectivity index (χ1v) is 10.8. The fraction of sp³-hybridized carbons (Fsp3) is 0.524. The van der Waals surface area contributed by atoms with Crippen LogP contribution >= 0.6 is 11.3 Å².